The number of hydrogen-bond donors (Lipinski definition) is 1. The first-order valence-corrected chi connectivity index (χ1v) is 7.18. The van der Waals surface area contributed by atoms with Crippen LogP contribution in [0.15, 0.2) is 17.0 Å². The predicted molar refractivity (Wildman–Crippen MR) is 75.1 cm³/mol. The van der Waals surface area contributed by atoms with Crippen molar-refractivity contribution >= 4 is 33.2 Å². The second-order valence-corrected chi connectivity index (χ2v) is 6.59. The monoisotopic (exact) mass is 336 g/mol. The number of nitrogen functional groups attached to an aromatic ring is 1. The minimum absolute atomic E-state index is 0.0169. The number of methoxy groups -OCH3 is 1. The number of carbonyl (C=O) groups excluding carboxylic acids is 1. The highest BCUT2D eigenvalue weighted by atomic mass is 79.9. The van der Waals surface area contributed by atoms with Crippen LogP contribution in [0.25, 0.3) is 5.52 Å². The van der Waals surface area contributed by atoms with Gasteiger partial charge in [-0.25, -0.2) is 9.97 Å². The highest BCUT2D eigenvalue weighted by molar-refractivity contribution is 9.10. The first-order chi connectivity index (χ1) is 9.51. The van der Waals surface area contributed by atoms with Crippen LogP contribution in [0, 0.1) is 5.41 Å². The average molecular weight is 337 g/mol. The van der Waals surface area contributed by atoms with E-state index in [4.69, 9.17) is 10.5 Å². The van der Waals surface area contributed by atoms with Crippen molar-refractivity contribution in [1.29, 1.82) is 0 Å². The van der Waals surface area contributed by atoms with Crippen molar-refractivity contribution in [3.63, 3.8) is 0 Å². The molecule has 2 aromatic rings. The molecule has 0 aliphatic heterocycles. The third-order valence-corrected chi connectivity index (χ3v) is 5.22. The fraction of sp³-hybridized carbons (Fsp3) is 0.462. The van der Waals surface area contributed by atoms with E-state index in [0.29, 0.717) is 10.4 Å². The van der Waals surface area contributed by atoms with E-state index in [-0.39, 0.29) is 16.8 Å². The molecule has 0 unspecified atom stereocenters. The molecule has 3 saturated carbocycles. The molecular formula is C13H13BrN4O2. The minimum Gasteiger partial charge on any atom is -0.469 e. The Morgan fingerprint density at radius 3 is 2.85 bits per heavy atom. The summed E-state index contributed by atoms with van der Waals surface area (Å²) >= 11 is 3.44. The van der Waals surface area contributed by atoms with Gasteiger partial charge < -0.3 is 10.5 Å². The fourth-order valence-corrected chi connectivity index (χ4v) is 4.42. The van der Waals surface area contributed by atoms with Gasteiger partial charge in [0.2, 0.25) is 0 Å². The Hall–Kier alpha value is -1.63. The maximum atomic E-state index is 11.8. The van der Waals surface area contributed by atoms with E-state index in [1.165, 1.54) is 7.11 Å². The Balaban J connectivity index is 1.77. The lowest BCUT2D eigenvalue weighted by atomic mass is 9.35. The normalized spacial score (nSPS) is 30.7. The summed E-state index contributed by atoms with van der Waals surface area (Å²) in [5, 5.41) is 0. The lowest BCUT2D eigenvalue weighted by molar-refractivity contribution is -0.199. The van der Waals surface area contributed by atoms with Crippen LogP contribution in [0.4, 0.5) is 5.82 Å². The number of halogens is 1. The zero-order valence-corrected chi connectivity index (χ0v) is 12.5. The molecule has 2 bridgehead atoms. The van der Waals surface area contributed by atoms with Gasteiger partial charge in [-0.05, 0) is 35.2 Å². The number of fused-ring (bicyclic) bond motifs is 1. The van der Waals surface area contributed by atoms with E-state index in [1.807, 2.05) is 10.6 Å². The Kier molecular flexibility index (Phi) is 2.14. The fourth-order valence-electron chi connectivity index (χ4n) is 3.85. The first-order valence-electron chi connectivity index (χ1n) is 6.38. The summed E-state index contributed by atoms with van der Waals surface area (Å²) in [6, 6.07) is 0. The van der Waals surface area contributed by atoms with Crippen LogP contribution in [-0.2, 0) is 14.9 Å². The van der Waals surface area contributed by atoms with Gasteiger partial charge in [0.25, 0.3) is 0 Å². The van der Waals surface area contributed by atoms with Gasteiger partial charge in [-0.3, -0.25) is 9.20 Å². The molecule has 6 nitrogen and oxygen atoms in total. The van der Waals surface area contributed by atoms with E-state index in [1.54, 1.807) is 6.20 Å². The Morgan fingerprint density at radius 1 is 1.50 bits per heavy atom. The molecule has 20 heavy (non-hydrogen) atoms. The molecule has 7 heteroatoms. The molecular weight excluding hydrogens is 324 g/mol. The Morgan fingerprint density at radius 2 is 2.20 bits per heavy atom. The number of imidazole rings is 1. The van der Waals surface area contributed by atoms with Gasteiger partial charge in [-0.1, -0.05) is 0 Å². The molecule has 2 N–H and O–H groups in total. The van der Waals surface area contributed by atoms with Crippen molar-refractivity contribution in [1.82, 2.24) is 14.4 Å². The standard InChI is InChI=1S/C13H13BrN4O2/c1-20-11(19)13-4-12(5-13,6-13)10-17-8(14)7-9(15)16-2-3-18(7)10/h2-3H,4-6H2,1H3,(H2,15,16). The van der Waals surface area contributed by atoms with Crippen LogP contribution in [0.2, 0.25) is 0 Å². The second kappa shape index (κ2) is 3.52. The molecule has 3 aliphatic carbocycles. The molecule has 5 rings (SSSR count). The van der Waals surface area contributed by atoms with Crippen molar-refractivity contribution in [3.8, 4) is 0 Å². The molecule has 3 aliphatic rings. The number of anilines is 1. The number of nitrogens with zero attached hydrogens (tertiary/aromatic N) is 3. The summed E-state index contributed by atoms with van der Waals surface area (Å²) in [5.41, 5.74) is 6.41. The third-order valence-electron chi connectivity index (χ3n) is 4.66. The zero-order valence-electron chi connectivity index (χ0n) is 10.9. The number of nitrogens with two attached hydrogens (primary N) is 1. The van der Waals surface area contributed by atoms with Crippen LogP contribution in [0.3, 0.4) is 0 Å². The zero-order chi connectivity index (χ0) is 14.1. The summed E-state index contributed by atoms with van der Waals surface area (Å²) in [6.07, 6.45) is 5.95. The van der Waals surface area contributed by atoms with Crippen molar-refractivity contribution in [2.24, 2.45) is 5.41 Å². The van der Waals surface area contributed by atoms with Crippen LogP contribution in [-0.4, -0.2) is 27.4 Å². The molecule has 0 atom stereocenters. The van der Waals surface area contributed by atoms with Crippen LogP contribution < -0.4 is 5.73 Å². The highest BCUT2D eigenvalue weighted by Crippen LogP contribution is 2.73. The summed E-state index contributed by atoms with van der Waals surface area (Å²) < 4.78 is 7.56. The molecule has 3 fully saturated rings. The van der Waals surface area contributed by atoms with Gasteiger partial charge in [0.05, 0.1) is 12.5 Å². The lowest BCUT2D eigenvalue weighted by Gasteiger charge is -2.67. The molecule has 2 aromatic heterocycles. The van der Waals surface area contributed by atoms with Gasteiger partial charge >= 0.3 is 5.97 Å². The third kappa shape index (κ3) is 1.22. The smallest absolute Gasteiger partial charge is 0.311 e. The van der Waals surface area contributed by atoms with Crippen LogP contribution in [0.1, 0.15) is 25.1 Å². The first kappa shape index (κ1) is 12.1. The topological polar surface area (TPSA) is 82.5 Å². The summed E-state index contributed by atoms with van der Waals surface area (Å²) in [5.74, 6) is 1.31. The number of hydrogen-bond acceptors (Lipinski definition) is 5. The SMILES string of the molecule is COC(=O)C12CC(c3nc(Br)c4c(N)nccn34)(C1)C2. The van der Waals surface area contributed by atoms with Crippen LogP contribution >= 0.6 is 15.9 Å². The lowest BCUT2D eigenvalue weighted by Crippen LogP contribution is -2.68. The van der Waals surface area contributed by atoms with Gasteiger partial charge in [0.15, 0.2) is 5.82 Å². The van der Waals surface area contributed by atoms with Crippen molar-refractivity contribution in [2.75, 3.05) is 12.8 Å². The Bertz CT molecular complexity index is 734. The van der Waals surface area contributed by atoms with Crippen molar-refractivity contribution in [2.45, 2.75) is 24.7 Å². The minimum atomic E-state index is -0.272. The van der Waals surface area contributed by atoms with E-state index in [2.05, 4.69) is 25.9 Å². The van der Waals surface area contributed by atoms with E-state index in [9.17, 15) is 4.79 Å². The molecule has 0 spiro atoms. The van der Waals surface area contributed by atoms with E-state index < -0.39 is 0 Å². The molecule has 0 aromatic carbocycles. The number of carbonyl (C=O) groups is 1. The quantitative estimate of drug-likeness (QED) is 0.843. The maximum absolute atomic E-state index is 11.8. The number of ether oxygens (including phenoxy) is 1. The van der Waals surface area contributed by atoms with Gasteiger partial charge in [-0.15, -0.1) is 0 Å². The van der Waals surface area contributed by atoms with Crippen molar-refractivity contribution in [3.05, 3.63) is 22.8 Å². The molecule has 0 amide bonds. The molecule has 104 valence electrons. The van der Waals surface area contributed by atoms with Crippen LogP contribution in [0.5, 0.6) is 0 Å². The highest BCUT2D eigenvalue weighted by Gasteiger charge is 2.74. The van der Waals surface area contributed by atoms with E-state index >= 15 is 0 Å². The summed E-state index contributed by atoms with van der Waals surface area (Å²) in [7, 11) is 1.45. The molecule has 2 heterocycles. The molecule has 0 saturated heterocycles. The number of esters is 1. The van der Waals surface area contributed by atoms with Gasteiger partial charge in [-0.2, -0.15) is 0 Å². The largest absolute Gasteiger partial charge is 0.469 e. The number of rotatable bonds is 2. The maximum Gasteiger partial charge on any atom is 0.311 e. The summed E-state index contributed by atoms with van der Waals surface area (Å²) in [4.78, 5) is 20.5. The van der Waals surface area contributed by atoms with Crippen molar-refractivity contribution < 1.29 is 9.53 Å². The predicted octanol–water partition coefficient (Wildman–Crippen LogP) is 1.67. The molecule has 0 radical (unpaired) electrons. The second-order valence-electron chi connectivity index (χ2n) is 5.84. The van der Waals surface area contributed by atoms with Gasteiger partial charge in [0, 0.05) is 17.8 Å². The summed E-state index contributed by atoms with van der Waals surface area (Å²) in [6.45, 7) is 0. The average Bonchev–Trinajstić information content (AvgIpc) is 2.65. The van der Waals surface area contributed by atoms with Gasteiger partial charge in [0.1, 0.15) is 15.9 Å². The van der Waals surface area contributed by atoms with E-state index in [0.717, 1.165) is 30.6 Å². The Labute approximate surface area is 123 Å². The number of aromatic nitrogens is 3.